The molecule has 3 rings (SSSR count). The molecule has 0 spiro atoms. The van der Waals surface area contributed by atoms with Crippen LogP contribution in [0.1, 0.15) is 20.1 Å². The Morgan fingerprint density at radius 2 is 2.08 bits per heavy atom. The molecule has 0 saturated heterocycles. The molecule has 3 aromatic heterocycles. The molecule has 0 aliphatic rings. The Labute approximate surface area is 149 Å². The van der Waals surface area contributed by atoms with Gasteiger partial charge in [0.2, 0.25) is 0 Å². The van der Waals surface area contributed by atoms with Gasteiger partial charge in [0, 0.05) is 41.0 Å². The van der Waals surface area contributed by atoms with E-state index in [1.165, 1.54) is 21.1 Å². The highest BCUT2D eigenvalue weighted by Crippen LogP contribution is 2.32. The number of pyridine rings is 1. The van der Waals surface area contributed by atoms with Gasteiger partial charge >= 0.3 is 0 Å². The minimum Gasteiger partial charge on any atom is -0.362 e. The molecule has 0 fully saturated rings. The van der Waals surface area contributed by atoms with Crippen LogP contribution in [0.2, 0.25) is 0 Å². The fourth-order valence-electron chi connectivity index (χ4n) is 2.44. The van der Waals surface area contributed by atoms with E-state index in [1.807, 2.05) is 24.4 Å². The van der Waals surface area contributed by atoms with Crippen LogP contribution >= 0.6 is 22.7 Å². The lowest BCUT2D eigenvalue weighted by Crippen LogP contribution is -2.19. The predicted molar refractivity (Wildman–Crippen MR) is 101 cm³/mol. The second kappa shape index (κ2) is 6.70. The average Bonchev–Trinajstić information content (AvgIpc) is 3.13. The Balaban J connectivity index is 1.83. The average molecular weight is 358 g/mol. The van der Waals surface area contributed by atoms with Gasteiger partial charge in [-0.25, -0.2) is 9.97 Å². The van der Waals surface area contributed by atoms with Gasteiger partial charge in [-0.3, -0.25) is 10.1 Å². The number of amides is 1. The predicted octanol–water partition coefficient (Wildman–Crippen LogP) is 4.20. The summed E-state index contributed by atoms with van der Waals surface area (Å²) in [4.78, 5) is 25.7. The number of aromatic nitrogens is 2. The Bertz CT molecular complexity index is 882. The number of aryl methyl sites for hydroxylation is 2. The quantitative estimate of drug-likeness (QED) is 0.759. The number of carbonyl (C=O) groups excluding carboxylic acids is 1. The van der Waals surface area contributed by atoms with E-state index in [-0.39, 0.29) is 5.91 Å². The lowest BCUT2D eigenvalue weighted by atomic mass is 10.2. The Morgan fingerprint density at radius 3 is 2.75 bits per heavy atom. The molecule has 3 heterocycles. The molecular weight excluding hydrogens is 340 g/mol. The summed E-state index contributed by atoms with van der Waals surface area (Å²) in [5.74, 6) is 0.432. The molecule has 0 unspecified atom stereocenters. The molecule has 0 bridgehead atoms. The molecule has 24 heavy (non-hydrogen) atoms. The van der Waals surface area contributed by atoms with Crippen LogP contribution in [0.4, 0.5) is 10.9 Å². The van der Waals surface area contributed by atoms with Crippen LogP contribution in [0.25, 0.3) is 11.3 Å². The molecule has 1 amide bonds. The molecule has 7 heteroatoms. The molecule has 0 radical (unpaired) electrons. The SMILES string of the molecule is Cc1cc(-c2csc(NC(=O)c3cccnc3N(C)C)n2)c(C)s1. The number of anilines is 2. The summed E-state index contributed by atoms with van der Waals surface area (Å²) in [7, 11) is 3.73. The first-order chi connectivity index (χ1) is 11.5. The number of hydrogen-bond acceptors (Lipinski definition) is 6. The maximum atomic E-state index is 12.5. The number of thiophene rings is 1. The number of hydrogen-bond donors (Lipinski definition) is 1. The third-order valence-electron chi connectivity index (χ3n) is 3.50. The van der Waals surface area contributed by atoms with Gasteiger partial charge in [-0.2, -0.15) is 0 Å². The first kappa shape index (κ1) is 16.6. The van der Waals surface area contributed by atoms with Crippen LogP contribution in [0.3, 0.4) is 0 Å². The summed E-state index contributed by atoms with van der Waals surface area (Å²) in [5, 5.41) is 5.44. The number of rotatable bonds is 4. The van der Waals surface area contributed by atoms with Gasteiger partial charge in [0.05, 0.1) is 11.3 Å². The lowest BCUT2D eigenvalue weighted by Gasteiger charge is -2.14. The van der Waals surface area contributed by atoms with Crippen molar-refractivity contribution < 1.29 is 4.79 Å². The van der Waals surface area contributed by atoms with E-state index < -0.39 is 0 Å². The largest absolute Gasteiger partial charge is 0.362 e. The van der Waals surface area contributed by atoms with E-state index in [4.69, 9.17) is 0 Å². The number of thiazole rings is 1. The third kappa shape index (κ3) is 3.32. The van der Waals surface area contributed by atoms with Gasteiger partial charge in [0.15, 0.2) is 5.13 Å². The normalized spacial score (nSPS) is 10.7. The highest BCUT2D eigenvalue weighted by molar-refractivity contribution is 7.14. The summed E-state index contributed by atoms with van der Waals surface area (Å²) in [5.41, 5.74) is 2.56. The van der Waals surface area contributed by atoms with Crippen molar-refractivity contribution in [1.29, 1.82) is 0 Å². The van der Waals surface area contributed by atoms with Crippen molar-refractivity contribution in [2.75, 3.05) is 24.3 Å². The zero-order chi connectivity index (χ0) is 17.3. The molecule has 0 saturated carbocycles. The molecule has 1 N–H and O–H groups in total. The molecule has 124 valence electrons. The first-order valence-corrected chi connectivity index (χ1v) is 9.12. The Kier molecular flexibility index (Phi) is 4.64. The zero-order valence-electron chi connectivity index (χ0n) is 14.0. The van der Waals surface area contributed by atoms with Gasteiger partial charge in [0.1, 0.15) is 5.82 Å². The van der Waals surface area contributed by atoms with Crippen LogP contribution < -0.4 is 10.2 Å². The highest BCUT2D eigenvalue weighted by atomic mass is 32.1. The Hall–Kier alpha value is -2.25. The van der Waals surface area contributed by atoms with Gasteiger partial charge < -0.3 is 4.90 Å². The van der Waals surface area contributed by atoms with Gasteiger partial charge in [-0.15, -0.1) is 22.7 Å². The van der Waals surface area contributed by atoms with E-state index in [0.29, 0.717) is 16.5 Å². The smallest absolute Gasteiger partial charge is 0.261 e. The summed E-state index contributed by atoms with van der Waals surface area (Å²) >= 11 is 3.18. The van der Waals surface area contributed by atoms with Crippen molar-refractivity contribution in [3.63, 3.8) is 0 Å². The second-order valence-corrected chi connectivity index (χ2v) is 7.91. The van der Waals surface area contributed by atoms with Crippen molar-refractivity contribution in [3.05, 3.63) is 45.1 Å². The standard InChI is InChI=1S/C17H18N4OS2/c1-10-8-13(11(2)24-10)14-9-23-17(19-14)20-16(22)12-6-5-7-18-15(12)21(3)4/h5-9H,1-4H3,(H,19,20,22). The third-order valence-corrected chi connectivity index (χ3v) is 5.22. The van der Waals surface area contributed by atoms with Gasteiger partial charge in [-0.1, -0.05) is 0 Å². The summed E-state index contributed by atoms with van der Waals surface area (Å²) in [6.45, 7) is 4.17. The minimum absolute atomic E-state index is 0.203. The van der Waals surface area contributed by atoms with Crippen LogP contribution in [0.15, 0.2) is 29.8 Å². The molecular formula is C17H18N4OS2. The maximum Gasteiger partial charge on any atom is 0.261 e. The van der Waals surface area contributed by atoms with E-state index in [2.05, 4.69) is 35.2 Å². The minimum atomic E-state index is -0.203. The van der Waals surface area contributed by atoms with Crippen LogP contribution in [-0.2, 0) is 0 Å². The number of carbonyl (C=O) groups is 1. The second-order valence-electron chi connectivity index (χ2n) is 5.59. The molecule has 5 nitrogen and oxygen atoms in total. The zero-order valence-corrected chi connectivity index (χ0v) is 15.6. The van der Waals surface area contributed by atoms with Crippen LogP contribution in [0, 0.1) is 13.8 Å². The van der Waals surface area contributed by atoms with Gasteiger partial charge in [0.25, 0.3) is 5.91 Å². The number of nitrogens with one attached hydrogen (secondary N) is 1. The number of nitrogens with zero attached hydrogens (tertiary/aromatic N) is 3. The first-order valence-electron chi connectivity index (χ1n) is 7.42. The molecule has 3 aromatic rings. The molecule has 0 aliphatic heterocycles. The van der Waals surface area contributed by atoms with E-state index >= 15 is 0 Å². The highest BCUT2D eigenvalue weighted by Gasteiger charge is 2.16. The van der Waals surface area contributed by atoms with Crippen LogP contribution in [0.5, 0.6) is 0 Å². The van der Waals surface area contributed by atoms with Crippen LogP contribution in [-0.4, -0.2) is 30.0 Å². The van der Waals surface area contributed by atoms with E-state index in [1.54, 1.807) is 29.7 Å². The summed E-state index contributed by atoms with van der Waals surface area (Å²) < 4.78 is 0. The van der Waals surface area contributed by atoms with E-state index in [9.17, 15) is 4.79 Å². The van der Waals surface area contributed by atoms with Crippen molar-refractivity contribution in [1.82, 2.24) is 9.97 Å². The van der Waals surface area contributed by atoms with E-state index in [0.717, 1.165) is 11.3 Å². The molecule has 0 aromatic carbocycles. The summed E-state index contributed by atoms with van der Waals surface area (Å²) in [6.07, 6.45) is 1.68. The van der Waals surface area contributed by atoms with Gasteiger partial charge in [-0.05, 0) is 32.0 Å². The lowest BCUT2D eigenvalue weighted by molar-refractivity contribution is 0.102. The maximum absolute atomic E-state index is 12.5. The fraction of sp³-hybridized carbons (Fsp3) is 0.235. The van der Waals surface area contributed by atoms with Crippen molar-refractivity contribution in [2.24, 2.45) is 0 Å². The van der Waals surface area contributed by atoms with Crippen molar-refractivity contribution in [3.8, 4) is 11.3 Å². The fourth-order valence-corrected chi connectivity index (χ4v) is 4.07. The monoisotopic (exact) mass is 358 g/mol. The topological polar surface area (TPSA) is 58.1 Å². The Morgan fingerprint density at radius 1 is 1.29 bits per heavy atom. The molecule has 0 atom stereocenters. The molecule has 0 aliphatic carbocycles. The van der Waals surface area contributed by atoms with Crippen molar-refractivity contribution >= 4 is 39.5 Å². The summed E-state index contributed by atoms with van der Waals surface area (Å²) in [6, 6.07) is 5.65. The van der Waals surface area contributed by atoms with Crippen molar-refractivity contribution in [2.45, 2.75) is 13.8 Å².